The molecule has 1 aromatic heterocycles. The maximum atomic E-state index is 12.0. The zero-order valence-electron chi connectivity index (χ0n) is 10.3. The van der Waals surface area contributed by atoms with Gasteiger partial charge in [0.2, 0.25) is 0 Å². The van der Waals surface area contributed by atoms with Gasteiger partial charge in [0.05, 0.1) is 11.9 Å². The molecule has 0 atom stereocenters. The van der Waals surface area contributed by atoms with Crippen LogP contribution >= 0.6 is 11.6 Å². The second kappa shape index (κ2) is 5.05. The fourth-order valence-electron chi connectivity index (χ4n) is 1.90. The first-order chi connectivity index (χ1) is 9.20. The van der Waals surface area contributed by atoms with Crippen LogP contribution in [0.4, 0.5) is 5.69 Å². The number of anilines is 1. The average molecular weight is 276 g/mol. The number of hydrogen-bond donors (Lipinski definition) is 1. The molecular weight excluding hydrogens is 262 g/mol. The van der Waals surface area contributed by atoms with Crippen molar-refractivity contribution in [2.24, 2.45) is 5.92 Å². The summed E-state index contributed by atoms with van der Waals surface area (Å²) < 4.78 is 1.88. The Morgan fingerprint density at radius 3 is 2.79 bits per heavy atom. The molecule has 0 spiro atoms. The predicted octanol–water partition coefficient (Wildman–Crippen LogP) is 3.20. The molecule has 1 heterocycles. The molecule has 4 nitrogen and oxygen atoms in total. The minimum atomic E-state index is -0.150. The number of benzene rings is 1. The molecule has 1 aliphatic rings. The topological polar surface area (TPSA) is 46.9 Å². The van der Waals surface area contributed by atoms with Gasteiger partial charge in [-0.05, 0) is 43.0 Å². The van der Waals surface area contributed by atoms with Crippen LogP contribution in [0.25, 0.3) is 0 Å². The van der Waals surface area contributed by atoms with Gasteiger partial charge >= 0.3 is 0 Å². The molecule has 1 N–H and O–H groups in total. The van der Waals surface area contributed by atoms with Crippen LogP contribution < -0.4 is 5.32 Å². The van der Waals surface area contributed by atoms with Crippen molar-refractivity contribution < 1.29 is 4.79 Å². The lowest BCUT2D eigenvalue weighted by molar-refractivity contribution is 0.102. The monoisotopic (exact) mass is 275 g/mol. The third kappa shape index (κ3) is 3.15. The molecule has 1 amide bonds. The summed E-state index contributed by atoms with van der Waals surface area (Å²) in [6, 6.07) is 6.80. The van der Waals surface area contributed by atoms with Crippen molar-refractivity contribution >= 4 is 23.2 Å². The summed E-state index contributed by atoms with van der Waals surface area (Å²) >= 11 is 5.79. The van der Waals surface area contributed by atoms with Gasteiger partial charge in [-0.1, -0.05) is 11.6 Å². The van der Waals surface area contributed by atoms with E-state index in [2.05, 4.69) is 10.4 Å². The Hall–Kier alpha value is -1.81. The van der Waals surface area contributed by atoms with E-state index in [0.29, 0.717) is 10.6 Å². The third-order valence-corrected chi connectivity index (χ3v) is 3.39. The molecule has 2 aromatic rings. The zero-order valence-corrected chi connectivity index (χ0v) is 11.1. The van der Waals surface area contributed by atoms with Crippen LogP contribution in [0.5, 0.6) is 0 Å². The molecule has 0 bridgehead atoms. The number of aromatic nitrogens is 2. The van der Waals surface area contributed by atoms with Gasteiger partial charge in [0.25, 0.3) is 5.91 Å². The molecular formula is C14H14ClN3O. The molecule has 0 radical (unpaired) electrons. The standard InChI is InChI=1S/C14H14ClN3O/c15-12-5-3-11(4-6-12)14(19)17-13-7-16-18(9-13)8-10-1-2-10/h3-7,9-10H,1-2,8H2,(H,17,19). The molecule has 3 rings (SSSR count). The second-order valence-electron chi connectivity index (χ2n) is 4.86. The highest BCUT2D eigenvalue weighted by Gasteiger charge is 2.22. The van der Waals surface area contributed by atoms with Gasteiger partial charge in [-0.15, -0.1) is 0 Å². The molecule has 1 aromatic carbocycles. The Balaban J connectivity index is 1.64. The average Bonchev–Trinajstić information content (AvgIpc) is 3.10. The summed E-state index contributed by atoms with van der Waals surface area (Å²) in [5.74, 6) is 0.613. The molecule has 0 saturated heterocycles. The summed E-state index contributed by atoms with van der Waals surface area (Å²) in [6.45, 7) is 0.941. The molecule has 1 aliphatic carbocycles. The van der Waals surface area contributed by atoms with E-state index in [1.165, 1.54) is 12.8 Å². The van der Waals surface area contributed by atoms with E-state index < -0.39 is 0 Å². The molecule has 98 valence electrons. The lowest BCUT2D eigenvalue weighted by Gasteiger charge is -2.02. The van der Waals surface area contributed by atoms with E-state index in [9.17, 15) is 4.79 Å². The summed E-state index contributed by atoms with van der Waals surface area (Å²) in [5, 5.41) is 7.68. The summed E-state index contributed by atoms with van der Waals surface area (Å²) in [5.41, 5.74) is 1.31. The fourth-order valence-corrected chi connectivity index (χ4v) is 2.02. The first kappa shape index (κ1) is 12.2. The third-order valence-electron chi connectivity index (χ3n) is 3.14. The van der Waals surface area contributed by atoms with Gasteiger partial charge in [-0.3, -0.25) is 9.48 Å². The summed E-state index contributed by atoms with van der Waals surface area (Å²) in [7, 11) is 0. The maximum absolute atomic E-state index is 12.0. The van der Waals surface area contributed by atoms with Crippen LogP contribution in [0.3, 0.4) is 0 Å². The van der Waals surface area contributed by atoms with Crippen molar-refractivity contribution in [2.75, 3.05) is 5.32 Å². The van der Waals surface area contributed by atoms with Gasteiger partial charge in [0.1, 0.15) is 0 Å². The van der Waals surface area contributed by atoms with Crippen molar-refractivity contribution in [2.45, 2.75) is 19.4 Å². The Kier molecular flexibility index (Phi) is 3.25. The maximum Gasteiger partial charge on any atom is 0.255 e. The van der Waals surface area contributed by atoms with Crippen LogP contribution in [0.2, 0.25) is 5.02 Å². The van der Waals surface area contributed by atoms with E-state index in [-0.39, 0.29) is 5.91 Å². The highest BCUT2D eigenvalue weighted by Crippen LogP contribution is 2.30. The molecule has 1 saturated carbocycles. The van der Waals surface area contributed by atoms with Crippen LogP contribution in [-0.4, -0.2) is 15.7 Å². The van der Waals surface area contributed by atoms with E-state index in [0.717, 1.165) is 18.2 Å². The molecule has 1 fully saturated rings. The van der Waals surface area contributed by atoms with Crippen LogP contribution in [0.15, 0.2) is 36.7 Å². The van der Waals surface area contributed by atoms with Crippen molar-refractivity contribution in [1.29, 1.82) is 0 Å². The summed E-state index contributed by atoms with van der Waals surface area (Å²) in [4.78, 5) is 12.0. The smallest absolute Gasteiger partial charge is 0.255 e. The quantitative estimate of drug-likeness (QED) is 0.931. The largest absolute Gasteiger partial charge is 0.319 e. The normalized spacial score (nSPS) is 14.4. The van der Waals surface area contributed by atoms with Crippen molar-refractivity contribution in [1.82, 2.24) is 9.78 Å². The Morgan fingerprint density at radius 2 is 2.11 bits per heavy atom. The van der Waals surface area contributed by atoms with Crippen LogP contribution in [-0.2, 0) is 6.54 Å². The molecule has 5 heteroatoms. The Labute approximate surface area is 116 Å². The number of rotatable bonds is 4. The van der Waals surface area contributed by atoms with Crippen molar-refractivity contribution in [3.63, 3.8) is 0 Å². The van der Waals surface area contributed by atoms with Crippen molar-refractivity contribution in [3.8, 4) is 0 Å². The van der Waals surface area contributed by atoms with Gasteiger partial charge in [-0.25, -0.2) is 0 Å². The molecule has 0 aliphatic heterocycles. The Bertz CT molecular complexity index is 587. The van der Waals surface area contributed by atoms with Crippen molar-refractivity contribution in [3.05, 3.63) is 47.2 Å². The number of halogens is 1. The first-order valence-electron chi connectivity index (χ1n) is 6.30. The number of nitrogens with one attached hydrogen (secondary N) is 1. The minimum Gasteiger partial charge on any atom is -0.319 e. The highest BCUT2D eigenvalue weighted by molar-refractivity contribution is 6.30. The van der Waals surface area contributed by atoms with Gasteiger partial charge < -0.3 is 5.32 Å². The van der Waals surface area contributed by atoms with E-state index in [1.807, 2.05) is 10.9 Å². The van der Waals surface area contributed by atoms with Crippen LogP contribution in [0.1, 0.15) is 23.2 Å². The van der Waals surface area contributed by atoms with Crippen LogP contribution in [0, 0.1) is 5.92 Å². The Morgan fingerprint density at radius 1 is 1.37 bits per heavy atom. The van der Waals surface area contributed by atoms with E-state index >= 15 is 0 Å². The van der Waals surface area contributed by atoms with E-state index in [1.54, 1.807) is 30.5 Å². The number of carbonyl (C=O) groups excluding carboxylic acids is 1. The first-order valence-corrected chi connectivity index (χ1v) is 6.68. The number of carbonyl (C=O) groups is 1. The molecule has 0 unspecified atom stereocenters. The van der Waals surface area contributed by atoms with Gasteiger partial charge in [0.15, 0.2) is 0 Å². The number of hydrogen-bond acceptors (Lipinski definition) is 2. The highest BCUT2D eigenvalue weighted by atomic mass is 35.5. The SMILES string of the molecule is O=C(Nc1cnn(CC2CC2)c1)c1ccc(Cl)cc1. The number of amides is 1. The minimum absolute atomic E-state index is 0.150. The molecule has 19 heavy (non-hydrogen) atoms. The lowest BCUT2D eigenvalue weighted by atomic mass is 10.2. The predicted molar refractivity (Wildman–Crippen MR) is 74.4 cm³/mol. The van der Waals surface area contributed by atoms with E-state index in [4.69, 9.17) is 11.6 Å². The summed E-state index contributed by atoms with van der Waals surface area (Å²) in [6.07, 6.45) is 6.11. The number of nitrogens with zero attached hydrogens (tertiary/aromatic N) is 2. The van der Waals surface area contributed by atoms with Gasteiger partial charge in [-0.2, -0.15) is 5.10 Å². The second-order valence-corrected chi connectivity index (χ2v) is 5.29. The van der Waals surface area contributed by atoms with Gasteiger partial charge in [0, 0.05) is 23.3 Å². The lowest BCUT2D eigenvalue weighted by Crippen LogP contribution is -2.11. The fraction of sp³-hybridized carbons (Fsp3) is 0.286. The zero-order chi connectivity index (χ0) is 13.2.